The second kappa shape index (κ2) is 7.74. The third-order valence-electron chi connectivity index (χ3n) is 4.68. The molecule has 128 valence electrons. The first kappa shape index (κ1) is 17.5. The van der Waals surface area contributed by atoms with Crippen molar-refractivity contribution in [1.29, 1.82) is 0 Å². The molecule has 2 heterocycles. The van der Waals surface area contributed by atoms with Gasteiger partial charge in [0.05, 0.1) is 6.04 Å². The third-order valence-corrected chi connectivity index (χ3v) is 6.30. The molecule has 0 aliphatic carbocycles. The molecule has 4 nitrogen and oxygen atoms in total. The minimum absolute atomic E-state index is 0.0101. The van der Waals surface area contributed by atoms with Crippen molar-refractivity contribution in [2.45, 2.75) is 30.2 Å². The van der Waals surface area contributed by atoms with Crippen molar-refractivity contribution in [1.82, 2.24) is 10.2 Å². The van der Waals surface area contributed by atoms with E-state index in [9.17, 15) is 9.59 Å². The van der Waals surface area contributed by atoms with Crippen LogP contribution in [0, 0.1) is 5.92 Å². The van der Waals surface area contributed by atoms with Crippen molar-refractivity contribution in [2.75, 3.05) is 18.8 Å². The molecule has 24 heavy (non-hydrogen) atoms. The lowest BCUT2D eigenvalue weighted by molar-refractivity contribution is -0.132. The van der Waals surface area contributed by atoms with Crippen LogP contribution in [0.4, 0.5) is 0 Å². The van der Waals surface area contributed by atoms with E-state index in [2.05, 4.69) is 40.0 Å². The fraction of sp³-hybridized carbons (Fsp3) is 0.444. The Balaban J connectivity index is 1.62. The summed E-state index contributed by atoms with van der Waals surface area (Å²) in [5.74, 6) is 1.08. The number of piperidine rings is 1. The minimum atomic E-state index is -0.0445. The van der Waals surface area contributed by atoms with Gasteiger partial charge in [0.2, 0.25) is 11.8 Å². The number of likely N-dealkylation sites (tertiary alicyclic amines) is 1. The SMILES string of the molecule is C=CC(=O)N1CCC(C(=O)NC2CCSc3ccc(Br)cc32)CC1. The highest BCUT2D eigenvalue weighted by Gasteiger charge is 2.29. The normalized spacial score (nSPS) is 21.0. The number of carbonyl (C=O) groups excluding carboxylic acids is 2. The second-order valence-electron chi connectivity index (χ2n) is 6.18. The van der Waals surface area contributed by atoms with Crippen LogP contribution in [0.2, 0.25) is 0 Å². The topological polar surface area (TPSA) is 49.4 Å². The van der Waals surface area contributed by atoms with Gasteiger partial charge >= 0.3 is 0 Å². The molecule has 2 aliphatic heterocycles. The number of fused-ring (bicyclic) bond motifs is 1. The van der Waals surface area contributed by atoms with Crippen LogP contribution < -0.4 is 5.32 Å². The van der Waals surface area contributed by atoms with Gasteiger partial charge in [0.15, 0.2) is 0 Å². The maximum atomic E-state index is 12.7. The molecule has 0 spiro atoms. The van der Waals surface area contributed by atoms with Crippen LogP contribution in [0.1, 0.15) is 30.9 Å². The number of thioether (sulfide) groups is 1. The van der Waals surface area contributed by atoms with Gasteiger partial charge in [-0.15, -0.1) is 11.8 Å². The van der Waals surface area contributed by atoms with Crippen LogP contribution in [0.3, 0.4) is 0 Å². The molecule has 2 aliphatic rings. The second-order valence-corrected chi connectivity index (χ2v) is 8.24. The largest absolute Gasteiger partial charge is 0.349 e. The lowest BCUT2D eigenvalue weighted by atomic mass is 9.94. The zero-order valence-corrected chi connectivity index (χ0v) is 15.9. The van der Waals surface area contributed by atoms with Gasteiger partial charge in [0.1, 0.15) is 0 Å². The number of halogens is 1. The van der Waals surface area contributed by atoms with E-state index in [0.29, 0.717) is 13.1 Å². The van der Waals surface area contributed by atoms with Gasteiger partial charge in [-0.2, -0.15) is 0 Å². The lowest BCUT2D eigenvalue weighted by Gasteiger charge is -2.32. The molecule has 1 fully saturated rings. The van der Waals surface area contributed by atoms with Gasteiger partial charge in [0, 0.05) is 34.1 Å². The molecule has 1 aromatic carbocycles. The predicted octanol–water partition coefficient (Wildman–Crippen LogP) is 3.53. The molecule has 1 N–H and O–H groups in total. The van der Waals surface area contributed by atoms with Crippen molar-refractivity contribution >= 4 is 39.5 Å². The third kappa shape index (κ3) is 3.86. The van der Waals surface area contributed by atoms with E-state index in [-0.39, 0.29) is 23.8 Å². The summed E-state index contributed by atoms with van der Waals surface area (Å²) in [5.41, 5.74) is 1.20. The molecule has 6 heteroatoms. The summed E-state index contributed by atoms with van der Waals surface area (Å²) in [5, 5.41) is 3.23. The van der Waals surface area contributed by atoms with Gasteiger partial charge in [-0.1, -0.05) is 22.5 Å². The number of carbonyl (C=O) groups is 2. The number of hydrogen-bond donors (Lipinski definition) is 1. The van der Waals surface area contributed by atoms with E-state index in [1.54, 1.807) is 4.90 Å². The Kier molecular flexibility index (Phi) is 5.66. The maximum absolute atomic E-state index is 12.7. The van der Waals surface area contributed by atoms with Crippen LogP contribution in [0.5, 0.6) is 0 Å². The van der Waals surface area contributed by atoms with Crippen LogP contribution in [0.25, 0.3) is 0 Å². The van der Waals surface area contributed by atoms with Crippen molar-refractivity contribution in [3.63, 3.8) is 0 Å². The minimum Gasteiger partial charge on any atom is -0.349 e. The first-order chi connectivity index (χ1) is 11.6. The fourth-order valence-electron chi connectivity index (χ4n) is 3.30. The number of amides is 2. The van der Waals surface area contributed by atoms with Crippen molar-refractivity contribution in [3.05, 3.63) is 40.9 Å². The highest BCUT2D eigenvalue weighted by atomic mass is 79.9. The average Bonchev–Trinajstić information content (AvgIpc) is 2.61. The maximum Gasteiger partial charge on any atom is 0.245 e. The molecule has 1 saturated heterocycles. The Bertz CT molecular complexity index is 656. The van der Waals surface area contributed by atoms with Crippen molar-refractivity contribution in [3.8, 4) is 0 Å². The Morgan fingerprint density at radius 1 is 1.29 bits per heavy atom. The van der Waals surface area contributed by atoms with E-state index in [0.717, 1.165) is 29.5 Å². The summed E-state index contributed by atoms with van der Waals surface area (Å²) in [6.45, 7) is 4.78. The molecular weight excluding hydrogens is 388 g/mol. The monoisotopic (exact) mass is 408 g/mol. The van der Waals surface area contributed by atoms with Crippen LogP contribution in [-0.2, 0) is 9.59 Å². The van der Waals surface area contributed by atoms with Gasteiger partial charge in [-0.05, 0) is 49.1 Å². The van der Waals surface area contributed by atoms with Crippen LogP contribution >= 0.6 is 27.7 Å². The van der Waals surface area contributed by atoms with E-state index in [1.807, 2.05) is 17.8 Å². The van der Waals surface area contributed by atoms with E-state index >= 15 is 0 Å². The first-order valence-electron chi connectivity index (χ1n) is 8.22. The summed E-state index contributed by atoms with van der Waals surface area (Å²) in [4.78, 5) is 27.3. The zero-order chi connectivity index (χ0) is 17.1. The summed E-state index contributed by atoms with van der Waals surface area (Å²) in [6, 6.07) is 6.35. The molecule has 0 bridgehead atoms. The van der Waals surface area contributed by atoms with Crippen molar-refractivity contribution < 1.29 is 9.59 Å². The fourth-order valence-corrected chi connectivity index (χ4v) is 4.78. The number of rotatable bonds is 3. The number of nitrogens with one attached hydrogen (secondary N) is 1. The number of nitrogens with zero attached hydrogens (tertiary/aromatic N) is 1. The Morgan fingerprint density at radius 2 is 2.04 bits per heavy atom. The highest BCUT2D eigenvalue weighted by Crippen LogP contribution is 2.37. The van der Waals surface area contributed by atoms with Crippen molar-refractivity contribution in [2.24, 2.45) is 5.92 Å². The lowest BCUT2D eigenvalue weighted by Crippen LogP contribution is -2.43. The van der Waals surface area contributed by atoms with E-state index < -0.39 is 0 Å². The molecule has 1 atom stereocenters. The molecule has 0 radical (unpaired) electrons. The summed E-state index contributed by atoms with van der Waals surface area (Å²) >= 11 is 5.36. The summed E-state index contributed by atoms with van der Waals surface area (Å²) in [6.07, 6.45) is 3.74. The Hall–Kier alpha value is -1.27. The smallest absolute Gasteiger partial charge is 0.245 e. The summed E-state index contributed by atoms with van der Waals surface area (Å²) in [7, 11) is 0. The van der Waals surface area contributed by atoms with Gasteiger partial charge in [-0.25, -0.2) is 0 Å². The summed E-state index contributed by atoms with van der Waals surface area (Å²) < 4.78 is 1.04. The van der Waals surface area contributed by atoms with Gasteiger partial charge < -0.3 is 10.2 Å². The molecule has 2 amide bonds. The Morgan fingerprint density at radius 3 is 2.75 bits per heavy atom. The first-order valence-corrected chi connectivity index (χ1v) is 10.0. The molecule has 0 aromatic heterocycles. The average molecular weight is 409 g/mol. The van der Waals surface area contributed by atoms with E-state index in [1.165, 1.54) is 16.5 Å². The molecule has 0 saturated carbocycles. The molecule has 1 unspecified atom stereocenters. The molecule has 1 aromatic rings. The standard InChI is InChI=1S/C18H21BrN2O2S/c1-2-17(22)21-8-5-12(6-9-21)18(23)20-15-7-10-24-16-4-3-13(19)11-14(15)16/h2-4,11-12,15H,1,5-10H2,(H,20,23). The van der Waals surface area contributed by atoms with Gasteiger partial charge in [-0.3, -0.25) is 9.59 Å². The Labute approximate surface area is 155 Å². The van der Waals surface area contributed by atoms with Crippen LogP contribution in [0.15, 0.2) is 40.2 Å². The quantitative estimate of drug-likeness (QED) is 0.778. The van der Waals surface area contributed by atoms with E-state index in [4.69, 9.17) is 0 Å². The van der Waals surface area contributed by atoms with Crippen LogP contribution in [-0.4, -0.2) is 35.6 Å². The zero-order valence-electron chi connectivity index (χ0n) is 13.5. The number of benzene rings is 1. The molecular formula is C18H21BrN2O2S. The predicted molar refractivity (Wildman–Crippen MR) is 99.9 cm³/mol. The number of hydrogen-bond acceptors (Lipinski definition) is 3. The molecule has 3 rings (SSSR count). The highest BCUT2D eigenvalue weighted by molar-refractivity contribution is 9.10. The van der Waals surface area contributed by atoms with Gasteiger partial charge in [0.25, 0.3) is 0 Å².